The summed E-state index contributed by atoms with van der Waals surface area (Å²) < 4.78 is 16.3. The number of carbonyl (C=O) groups excluding carboxylic acids is 2. The first kappa shape index (κ1) is 19.2. The van der Waals surface area contributed by atoms with Gasteiger partial charge >= 0.3 is 11.9 Å². The molecule has 0 spiro atoms. The summed E-state index contributed by atoms with van der Waals surface area (Å²) in [5.41, 5.74) is 0.181. The van der Waals surface area contributed by atoms with Crippen LogP contribution in [0, 0.1) is 17.3 Å². The van der Waals surface area contributed by atoms with Crippen molar-refractivity contribution >= 4 is 11.9 Å². The van der Waals surface area contributed by atoms with E-state index in [-0.39, 0.29) is 29.6 Å². The molecule has 0 unspecified atom stereocenters. The first-order valence-corrected chi connectivity index (χ1v) is 9.24. The van der Waals surface area contributed by atoms with Crippen molar-refractivity contribution in [1.82, 2.24) is 0 Å². The number of carbonyl (C=O) groups is 2. The molecule has 0 aromatic heterocycles. The van der Waals surface area contributed by atoms with E-state index in [0.717, 1.165) is 25.7 Å². The molecule has 2 saturated carbocycles. The molecule has 0 amide bonds. The van der Waals surface area contributed by atoms with Gasteiger partial charge in [0.2, 0.25) is 0 Å². The Balaban J connectivity index is 1.89. The molecule has 0 bridgehead atoms. The molecule has 0 aromatic carbocycles. The van der Waals surface area contributed by atoms with Crippen LogP contribution < -0.4 is 0 Å². The number of fused-ring (bicyclic) bond motifs is 1. The Morgan fingerprint density at radius 3 is 2.67 bits per heavy atom. The van der Waals surface area contributed by atoms with Crippen molar-refractivity contribution in [2.45, 2.75) is 77.9 Å². The van der Waals surface area contributed by atoms with Gasteiger partial charge in [0.15, 0.2) is 0 Å². The molecule has 0 aliphatic heterocycles. The second kappa shape index (κ2) is 8.32. The molecule has 0 radical (unpaired) electrons. The van der Waals surface area contributed by atoms with E-state index in [1.54, 1.807) is 0 Å². The number of rotatable bonds is 7. The second-order valence-corrected chi connectivity index (χ2v) is 7.59. The lowest BCUT2D eigenvalue weighted by Gasteiger charge is -2.45. The molecular weight excluding hydrogens is 308 g/mol. The van der Waals surface area contributed by atoms with E-state index in [2.05, 4.69) is 18.6 Å². The van der Waals surface area contributed by atoms with E-state index < -0.39 is 0 Å². The summed E-state index contributed by atoms with van der Waals surface area (Å²) in [4.78, 5) is 22.5. The monoisotopic (exact) mass is 340 g/mol. The summed E-state index contributed by atoms with van der Waals surface area (Å²) in [6, 6.07) is 0. The van der Waals surface area contributed by atoms with Crippen molar-refractivity contribution < 1.29 is 23.8 Å². The van der Waals surface area contributed by atoms with E-state index in [0.29, 0.717) is 31.3 Å². The molecule has 0 heterocycles. The van der Waals surface area contributed by atoms with Crippen LogP contribution in [0.25, 0.3) is 0 Å². The summed E-state index contributed by atoms with van der Waals surface area (Å²) in [7, 11) is 1.41. The summed E-state index contributed by atoms with van der Waals surface area (Å²) in [5.74, 6) is 0.579. The van der Waals surface area contributed by atoms with Gasteiger partial charge in [-0.05, 0) is 56.8 Å². The normalized spacial score (nSPS) is 33.6. The number of hydrogen-bond donors (Lipinski definition) is 0. The van der Waals surface area contributed by atoms with Gasteiger partial charge in [0.05, 0.1) is 13.2 Å². The zero-order chi connectivity index (χ0) is 17.7. The third-order valence-electron chi connectivity index (χ3n) is 6.15. The van der Waals surface area contributed by atoms with Gasteiger partial charge < -0.3 is 14.2 Å². The quantitative estimate of drug-likeness (QED) is 0.524. The van der Waals surface area contributed by atoms with Crippen molar-refractivity contribution in [2.24, 2.45) is 17.3 Å². The summed E-state index contributed by atoms with van der Waals surface area (Å²) >= 11 is 0. The smallest absolute Gasteiger partial charge is 0.305 e. The predicted octanol–water partition coefficient (Wildman–Crippen LogP) is 3.49. The highest BCUT2D eigenvalue weighted by Gasteiger charge is 2.53. The highest BCUT2D eigenvalue weighted by molar-refractivity contribution is 5.69. The zero-order valence-electron chi connectivity index (χ0n) is 15.5. The Labute approximate surface area is 145 Å². The molecule has 0 aromatic rings. The lowest BCUT2D eigenvalue weighted by atomic mass is 9.63. The minimum Gasteiger partial charge on any atom is -0.469 e. The fourth-order valence-corrected chi connectivity index (χ4v) is 4.99. The van der Waals surface area contributed by atoms with Crippen LogP contribution in [-0.2, 0) is 23.8 Å². The molecule has 2 fully saturated rings. The van der Waals surface area contributed by atoms with Crippen LogP contribution in [0.3, 0.4) is 0 Å². The molecule has 0 saturated heterocycles. The molecule has 0 N–H and O–H groups in total. The van der Waals surface area contributed by atoms with Gasteiger partial charge in [0.25, 0.3) is 0 Å². The minimum atomic E-state index is -0.185. The largest absolute Gasteiger partial charge is 0.469 e. The third-order valence-corrected chi connectivity index (χ3v) is 6.15. The Morgan fingerprint density at radius 2 is 2.00 bits per heavy atom. The van der Waals surface area contributed by atoms with Crippen molar-refractivity contribution in [3.63, 3.8) is 0 Å². The first-order chi connectivity index (χ1) is 11.4. The molecule has 2 rings (SSSR count). The van der Waals surface area contributed by atoms with Crippen LogP contribution >= 0.6 is 0 Å². The number of ether oxygens (including phenoxy) is 3. The Kier molecular flexibility index (Phi) is 6.67. The molecular formula is C19H32O5. The molecule has 5 nitrogen and oxygen atoms in total. The fourth-order valence-electron chi connectivity index (χ4n) is 4.99. The molecule has 138 valence electrons. The fraction of sp³-hybridized carbons (Fsp3) is 0.895. The van der Waals surface area contributed by atoms with E-state index in [9.17, 15) is 9.59 Å². The van der Waals surface area contributed by atoms with Gasteiger partial charge in [-0.15, -0.1) is 0 Å². The molecule has 5 heteroatoms. The van der Waals surface area contributed by atoms with Gasteiger partial charge in [-0.1, -0.05) is 6.92 Å². The predicted molar refractivity (Wildman–Crippen MR) is 90.4 cm³/mol. The summed E-state index contributed by atoms with van der Waals surface area (Å²) in [6.45, 7) is 6.58. The van der Waals surface area contributed by atoms with Gasteiger partial charge in [-0.2, -0.15) is 0 Å². The van der Waals surface area contributed by atoms with Gasteiger partial charge in [-0.25, -0.2) is 0 Å². The van der Waals surface area contributed by atoms with Crippen LogP contribution in [-0.4, -0.2) is 37.9 Å². The lowest BCUT2D eigenvalue weighted by Crippen LogP contribution is -2.44. The van der Waals surface area contributed by atoms with Crippen LogP contribution in [0.4, 0.5) is 0 Å². The number of esters is 2. The first-order valence-electron chi connectivity index (χ1n) is 9.24. The maximum absolute atomic E-state index is 11.4. The highest BCUT2D eigenvalue weighted by Crippen LogP contribution is 2.57. The molecule has 5 atom stereocenters. The van der Waals surface area contributed by atoms with Gasteiger partial charge in [0.1, 0.15) is 6.10 Å². The van der Waals surface area contributed by atoms with E-state index in [1.165, 1.54) is 20.5 Å². The SMILES string of the molecule is COC(=O)CCCO[C@H](C)[C@H]1CC[C@H]2[C@@H](OC(C)=O)CCC[C@]12C. The maximum Gasteiger partial charge on any atom is 0.305 e. The third kappa shape index (κ3) is 4.29. The topological polar surface area (TPSA) is 61.8 Å². The summed E-state index contributed by atoms with van der Waals surface area (Å²) in [5, 5.41) is 0. The second-order valence-electron chi connectivity index (χ2n) is 7.59. The van der Waals surface area contributed by atoms with Crippen molar-refractivity contribution in [2.75, 3.05) is 13.7 Å². The molecule has 24 heavy (non-hydrogen) atoms. The van der Waals surface area contributed by atoms with Crippen molar-refractivity contribution in [3.05, 3.63) is 0 Å². The highest BCUT2D eigenvalue weighted by atomic mass is 16.5. The standard InChI is InChI=1S/C19H32O5/c1-13(23-12-6-8-18(21)22-4)15-9-10-16-17(24-14(2)20)7-5-11-19(15,16)3/h13,15-17H,5-12H2,1-4H3/t13-,15-,16+,17+,19-/m1/s1. The van der Waals surface area contributed by atoms with Crippen LogP contribution in [0.1, 0.15) is 65.7 Å². The van der Waals surface area contributed by atoms with E-state index in [1.807, 2.05) is 0 Å². The van der Waals surface area contributed by atoms with E-state index >= 15 is 0 Å². The lowest BCUT2D eigenvalue weighted by molar-refractivity contribution is -0.156. The zero-order valence-corrected chi connectivity index (χ0v) is 15.5. The van der Waals surface area contributed by atoms with Crippen molar-refractivity contribution in [1.29, 1.82) is 0 Å². The van der Waals surface area contributed by atoms with Crippen molar-refractivity contribution in [3.8, 4) is 0 Å². The maximum atomic E-state index is 11.4. The minimum absolute atomic E-state index is 0.0674. The number of hydrogen-bond acceptors (Lipinski definition) is 5. The average Bonchev–Trinajstić information content (AvgIpc) is 2.88. The van der Waals surface area contributed by atoms with E-state index in [4.69, 9.17) is 9.47 Å². The van der Waals surface area contributed by atoms with Gasteiger partial charge in [0, 0.05) is 25.9 Å². The molecule has 2 aliphatic rings. The van der Waals surface area contributed by atoms with Crippen LogP contribution in [0.15, 0.2) is 0 Å². The van der Waals surface area contributed by atoms with Gasteiger partial charge in [-0.3, -0.25) is 9.59 Å². The Hall–Kier alpha value is -1.10. The molecule has 2 aliphatic carbocycles. The van der Waals surface area contributed by atoms with Crippen LogP contribution in [0.2, 0.25) is 0 Å². The van der Waals surface area contributed by atoms with Crippen LogP contribution in [0.5, 0.6) is 0 Å². The average molecular weight is 340 g/mol. The Bertz CT molecular complexity index is 449. The number of methoxy groups -OCH3 is 1. The Morgan fingerprint density at radius 1 is 1.25 bits per heavy atom. The summed E-state index contributed by atoms with van der Waals surface area (Å²) in [6.07, 6.45) is 6.83.